The highest BCUT2D eigenvalue weighted by Crippen LogP contribution is 2.30. The molecule has 1 aliphatic heterocycles. The van der Waals surface area contributed by atoms with Crippen LogP contribution in [0.5, 0.6) is 0 Å². The van der Waals surface area contributed by atoms with E-state index in [2.05, 4.69) is 15.9 Å². The van der Waals surface area contributed by atoms with Gasteiger partial charge in [0.1, 0.15) is 0 Å². The summed E-state index contributed by atoms with van der Waals surface area (Å²) in [7, 11) is -1.97. The van der Waals surface area contributed by atoms with Gasteiger partial charge in [-0.15, -0.1) is 0 Å². The van der Waals surface area contributed by atoms with E-state index in [4.69, 9.17) is 16.3 Å². The molecule has 21 heavy (non-hydrogen) atoms. The van der Waals surface area contributed by atoms with Crippen molar-refractivity contribution >= 4 is 49.3 Å². The molecule has 0 amide bonds. The Morgan fingerprint density at radius 3 is 2.86 bits per heavy atom. The summed E-state index contributed by atoms with van der Waals surface area (Å²) in [6.45, 7) is 0.749. The van der Waals surface area contributed by atoms with Crippen molar-refractivity contribution in [3.8, 4) is 0 Å². The van der Waals surface area contributed by atoms with Crippen LogP contribution in [-0.2, 0) is 14.8 Å². The second-order valence-corrected chi connectivity index (χ2v) is 9.00. The van der Waals surface area contributed by atoms with Gasteiger partial charge in [0, 0.05) is 29.9 Å². The molecular formula is C13H17BrClNO3S2. The molecular weight excluding hydrogens is 398 g/mol. The maximum atomic E-state index is 12.9. The zero-order valence-corrected chi connectivity index (χ0v) is 15.6. The molecule has 118 valence electrons. The Balaban J connectivity index is 2.33. The molecule has 0 radical (unpaired) electrons. The van der Waals surface area contributed by atoms with E-state index in [-0.39, 0.29) is 10.9 Å². The third-order valence-electron chi connectivity index (χ3n) is 3.33. The van der Waals surface area contributed by atoms with Crippen molar-refractivity contribution in [3.63, 3.8) is 0 Å². The fourth-order valence-electron chi connectivity index (χ4n) is 2.20. The van der Waals surface area contributed by atoms with Crippen LogP contribution in [0.2, 0.25) is 5.02 Å². The van der Waals surface area contributed by atoms with E-state index < -0.39 is 10.0 Å². The molecule has 2 rings (SSSR count). The number of ether oxygens (including phenoxy) is 1. The Bertz CT molecular complexity index is 591. The predicted molar refractivity (Wildman–Crippen MR) is 90.6 cm³/mol. The van der Waals surface area contributed by atoms with Crippen molar-refractivity contribution in [1.82, 2.24) is 4.31 Å². The van der Waals surface area contributed by atoms with Crippen molar-refractivity contribution in [3.05, 3.63) is 27.7 Å². The summed E-state index contributed by atoms with van der Waals surface area (Å²) in [6, 6.07) is 4.73. The molecule has 0 saturated carbocycles. The van der Waals surface area contributed by atoms with Crippen molar-refractivity contribution in [2.45, 2.75) is 17.4 Å². The Morgan fingerprint density at radius 1 is 1.52 bits per heavy atom. The Morgan fingerprint density at radius 2 is 2.29 bits per heavy atom. The van der Waals surface area contributed by atoms with Gasteiger partial charge in [0.2, 0.25) is 10.0 Å². The van der Waals surface area contributed by atoms with Gasteiger partial charge in [-0.1, -0.05) is 11.6 Å². The summed E-state index contributed by atoms with van der Waals surface area (Å²) < 4.78 is 33.0. The quantitative estimate of drug-likeness (QED) is 0.717. The van der Waals surface area contributed by atoms with Crippen molar-refractivity contribution in [1.29, 1.82) is 0 Å². The molecule has 8 heteroatoms. The lowest BCUT2D eigenvalue weighted by Crippen LogP contribution is -2.42. The minimum absolute atomic E-state index is 0.0320. The molecule has 0 aliphatic carbocycles. The lowest BCUT2D eigenvalue weighted by molar-refractivity contribution is 0.169. The van der Waals surface area contributed by atoms with Crippen LogP contribution in [0.3, 0.4) is 0 Å². The summed E-state index contributed by atoms with van der Waals surface area (Å²) in [5.74, 6) is 1.83. The summed E-state index contributed by atoms with van der Waals surface area (Å²) in [4.78, 5) is 0.256. The standard InChI is InChI=1S/C13H17BrClNO3S2/c1-19-6-5-16(10-4-7-20-9-10)21(17,18)11-2-3-13(15)12(14)8-11/h2-3,8,10H,4-7,9H2,1H3. The second kappa shape index (κ2) is 7.66. The molecule has 1 heterocycles. The normalized spacial score (nSPS) is 19.3. The van der Waals surface area contributed by atoms with Crippen LogP contribution < -0.4 is 0 Å². The summed E-state index contributed by atoms with van der Waals surface area (Å²) in [5, 5.41) is 0.494. The van der Waals surface area contributed by atoms with E-state index in [1.54, 1.807) is 41.4 Å². The van der Waals surface area contributed by atoms with Crippen LogP contribution in [0.25, 0.3) is 0 Å². The van der Waals surface area contributed by atoms with Crippen LogP contribution in [-0.4, -0.2) is 50.5 Å². The van der Waals surface area contributed by atoms with Gasteiger partial charge in [-0.25, -0.2) is 8.42 Å². The Hall–Kier alpha value is 0.210. The second-order valence-electron chi connectivity index (χ2n) is 4.70. The van der Waals surface area contributed by atoms with Crippen LogP contribution in [0.1, 0.15) is 6.42 Å². The molecule has 1 atom stereocenters. The molecule has 0 bridgehead atoms. The van der Waals surface area contributed by atoms with E-state index in [0.29, 0.717) is 22.6 Å². The van der Waals surface area contributed by atoms with Crippen LogP contribution in [0.4, 0.5) is 0 Å². The largest absolute Gasteiger partial charge is 0.383 e. The monoisotopic (exact) mass is 413 g/mol. The third-order valence-corrected chi connectivity index (χ3v) is 7.63. The highest BCUT2D eigenvalue weighted by atomic mass is 79.9. The number of nitrogens with zero attached hydrogens (tertiary/aromatic N) is 1. The lowest BCUT2D eigenvalue weighted by atomic mass is 10.3. The van der Waals surface area contributed by atoms with Gasteiger partial charge in [-0.3, -0.25) is 0 Å². The molecule has 0 spiro atoms. The fourth-order valence-corrected chi connectivity index (χ4v) is 5.83. The first-order valence-electron chi connectivity index (χ1n) is 6.50. The van der Waals surface area contributed by atoms with Crippen LogP contribution >= 0.6 is 39.3 Å². The third kappa shape index (κ3) is 4.14. The van der Waals surface area contributed by atoms with Gasteiger partial charge in [0.25, 0.3) is 0 Å². The zero-order chi connectivity index (χ0) is 15.5. The van der Waals surface area contributed by atoms with Crippen molar-refractivity contribution in [2.24, 2.45) is 0 Å². The minimum Gasteiger partial charge on any atom is -0.383 e. The van der Waals surface area contributed by atoms with Gasteiger partial charge in [-0.05, 0) is 46.3 Å². The average Bonchev–Trinajstić information content (AvgIpc) is 2.96. The number of benzene rings is 1. The number of methoxy groups -OCH3 is 1. The Labute approximate surface area is 143 Å². The highest BCUT2D eigenvalue weighted by Gasteiger charge is 2.33. The number of thioether (sulfide) groups is 1. The first kappa shape index (κ1) is 17.6. The van der Waals surface area contributed by atoms with Crippen LogP contribution in [0, 0.1) is 0 Å². The van der Waals surface area contributed by atoms with Gasteiger partial charge in [0.05, 0.1) is 16.5 Å². The number of rotatable bonds is 6. The minimum atomic E-state index is -3.54. The van der Waals surface area contributed by atoms with E-state index in [0.717, 1.165) is 17.9 Å². The average molecular weight is 415 g/mol. The van der Waals surface area contributed by atoms with Gasteiger partial charge in [-0.2, -0.15) is 16.1 Å². The van der Waals surface area contributed by atoms with E-state index in [9.17, 15) is 8.42 Å². The number of hydrogen-bond acceptors (Lipinski definition) is 4. The zero-order valence-electron chi connectivity index (χ0n) is 11.6. The number of sulfonamides is 1. The van der Waals surface area contributed by atoms with Crippen molar-refractivity contribution < 1.29 is 13.2 Å². The maximum Gasteiger partial charge on any atom is 0.243 e. The summed E-state index contributed by atoms with van der Waals surface area (Å²) in [5.41, 5.74) is 0. The number of halogens is 2. The van der Waals surface area contributed by atoms with Gasteiger partial charge < -0.3 is 4.74 Å². The van der Waals surface area contributed by atoms with Crippen LogP contribution in [0.15, 0.2) is 27.6 Å². The molecule has 1 unspecified atom stereocenters. The molecule has 0 N–H and O–H groups in total. The molecule has 1 aromatic carbocycles. The summed E-state index contributed by atoms with van der Waals surface area (Å²) >= 11 is 11.0. The van der Waals surface area contributed by atoms with E-state index in [1.807, 2.05) is 0 Å². The molecule has 1 aliphatic rings. The van der Waals surface area contributed by atoms with E-state index in [1.165, 1.54) is 0 Å². The van der Waals surface area contributed by atoms with Gasteiger partial charge in [0.15, 0.2) is 0 Å². The highest BCUT2D eigenvalue weighted by molar-refractivity contribution is 9.10. The smallest absolute Gasteiger partial charge is 0.243 e. The topological polar surface area (TPSA) is 46.6 Å². The number of hydrogen-bond donors (Lipinski definition) is 0. The lowest BCUT2D eigenvalue weighted by Gasteiger charge is -2.27. The predicted octanol–water partition coefficient (Wildman–Crippen LogP) is 3.25. The van der Waals surface area contributed by atoms with Crippen molar-refractivity contribution in [2.75, 3.05) is 31.8 Å². The van der Waals surface area contributed by atoms with Gasteiger partial charge >= 0.3 is 0 Å². The Kier molecular flexibility index (Phi) is 6.40. The molecule has 1 aromatic rings. The fraction of sp³-hybridized carbons (Fsp3) is 0.538. The maximum absolute atomic E-state index is 12.9. The first-order valence-corrected chi connectivity index (χ1v) is 10.3. The molecule has 1 fully saturated rings. The molecule has 4 nitrogen and oxygen atoms in total. The summed E-state index contributed by atoms with van der Waals surface area (Å²) in [6.07, 6.45) is 0.877. The SMILES string of the molecule is COCCN(C1CCSC1)S(=O)(=O)c1ccc(Cl)c(Br)c1. The molecule has 1 saturated heterocycles. The molecule has 0 aromatic heterocycles. The van der Waals surface area contributed by atoms with E-state index >= 15 is 0 Å². The first-order chi connectivity index (χ1) is 9.96.